The summed E-state index contributed by atoms with van der Waals surface area (Å²) >= 11 is 0. The molecule has 0 aromatic heterocycles. The van der Waals surface area contributed by atoms with E-state index in [-0.39, 0.29) is 12.1 Å². The predicted octanol–water partition coefficient (Wildman–Crippen LogP) is 2.75. The number of benzene rings is 1. The highest BCUT2D eigenvalue weighted by atomic mass is 19.1. The summed E-state index contributed by atoms with van der Waals surface area (Å²) in [5, 5.41) is 12.0. The third kappa shape index (κ3) is 3.02. The molecule has 1 rings (SSSR count). The average molecular weight is 214 g/mol. The lowest BCUT2D eigenvalue weighted by molar-refractivity contribution is 0.623. The molecule has 0 heterocycles. The van der Waals surface area contributed by atoms with Gasteiger partial charge in [0.05, 0.1) is 0 Å². The van der Waals surface area contributed by atoms with Crippen LogP contribution in [-0.2, 0) is 0 Å². The summed E-state index contributed by atoms with van der Waals surface area (Å²) in [7, 11) is 0. The minimum atomic E-state index is -0.579. The number of hydrogen-bond acceptors (Lipinski definition) is 2. The molecule has 0 aliphatic rings. The van der Waals surface area contributed by atoms with Gasteiger partial charge in [0, 0.05) is 23.4 Å². The number of nitriles is 1. The fraction of sp³-hybridized carbons (Fsp3) is 0.182. The molecule has 0 atom stereocenters. The Morgan fingerprint density at radius 1 is 1.50 bits per heavy atom. The lowest BCUT2D eigenvalue weighted by Crippen LogP contribution is -1.88. The molecule has 0 fully saturated rings. The van der Waals surface area contributed by atoms with Gasteiger partial charge in [-0.25, -0.2) is 4.39 Å². The van der Waals surface area contributed by atoms with Crippen LogP contribution in [0.25, 0.3) is 10.4 Å². The van der Waals surface area contributed by atoms with E-state index in [1.165, 1.54) is 12.1 Å². The molecule has 78 valence electrons. The molecular weight excluding hydrogens is 207 g/mol. The number of halogens is 1. The third-order valence-corrected chi connectivity index (χ3v) is 1.75. The first-order valence-electron chi connectivity index (χ1n) is 4.48. The smallest absolute Gasteiger partial charge is 0.142 e. The van der Waals surface area contributed by atoms with Crippen LogP contribution in [0.15, 0.2) is 23.3 Å². The molecule has 1 aromatic carbocycles. The fourth-order valence-electron chi connectivity index (χ4n) is 1.05. The van der Waals surface area contributed by atoms with E-state index >= 15 is 0 Å². The van der Waals surface area contributed by atoms with Crippen molar-refractivity contribution in [2.24, 2.45) is 5.11 Å². The van der Waals surface area contributed by atoms with Gasteiger partial charge in [-0.05, 0) is 17.7 Å². The van der Waals surface area contributed by atoms with E-state index in [2.05, 4.69) is 21.9 Å². The van der Waals surface area contributed by atoms with Gasteiger partial charge >= 0.3 is 0 Å². The summed E-state index contributed by atoms with van der Waals surface area (Å²) in [5.41, 5.74) is 8.31. The van der Waals surface area contributed by atoms with Crippen molar-refractivity contribution in [3.8, 4) is 17.9 Å². The number of nitrogens with zero attached hydrogens (tertiary/aromatic N) is 4. The van der Waals surface area contributed by atoms with E-state index < -0.39 is 5.82 Å². The number of azide groups is 1. The first-order chi connectivity index (χ1) is 7.79. The summed E-state index contributed by atoms with van der Waals surface area (Å²) in [6.45, 7) is 0.265. The van der Waals surface area contributed by atoms with Crippen LogP contribution >= 0.6 is 0 Å². The predicted molar refractivity (Wildman–Crippen MR) is 56.6 cm³/mol. The molecule has 0 saturated carbocycles. The lowest BCUT2D eigenvalue weighted by Gasteiger charge is -1.95. The largest absolute Gasteiger partial charge is 0.205 e. The maximum absolute atomic E-state index is 13.1. The van der Waals surface area contributed by atoms with Gasteiger partial charge in [-0.3, -0.25) is 0 Å². The first-order valence-corrected chi connectivity index (χ1v) is 4.48. The van der Waals surface area contributed by atoms with Crippen LogP contribution in [0.2, 0.25) is 0 Å². The fourth-order valence-corrected chi connectivity index (χ4v) is 1.05. The number of rotatable bonds is 2. The zero-order chi connectivity index (χ0) is 11.8. The summed E-state index contributed by atoms with van der Waals surface area (Å²) in [5.74, 6) is 4.79. The Balaban J connectivity index is 2.85. The Morgan fingerprint density at radius 2 is 2.31 bits per heavy atom. The van der Waals surface area contributed by atoms with Gasteiger partial charge in [-0.15, -0.1) is 0 Å². The highest BCUT2D eigenvalue weighted by Gasteiger charge is 2.04. The van der Waals surface area contributed by atoms with Gasteiger partial charge in [-0.2, -0.15) is 5.26 Å². The summed E-state index contributed by atoms with van der Waals surface area (Å²) in [4.78, 5) is 2.57. The molecule has 1 aromatic rings. The Kier molecular flexibility index (Phi) is 4.40. The van der Waals surface area contributed by atoms with Gasteiger partial charge < -0.3 is 0 Å². The maximum atomic E-state index is 13.1. The molecule has 0 aliphatic heterocycles. The van der Waals surface area contributed by atoms with Crippen molar-refractivity contribution >= 4 is 0 Å². The van der Waals surface area contributed by atoms with Gasteiger partial charge in [0.1, 0.15) is 17.4 Å². The molecule has 0 unspecified atom stereocenters. The maximum Gasteiger partial charge on any atom is 0.142 e. The number of hydrogen-bond donors (Lipinski definition) is 0. The quantitative estimate of drug-likeness (QED) is 0.245. The third-order valence-electron chi connectivity index (χ3n) is 1.75. The minimum Gasteiger partial charge on any atom is -0.205 e. The van der Waals surface area contributed by atoms with Crippen LogP contribution in [0.3, 0.4) is 0 Å². The molecule has 4 nitrogen and oxygen atoms in total. The lowest BCUT2D eigenvalue weighted by atomic mass is 10.1. The monoisotopic (exact) mass is 214 g/mol. The van der Waals surface area contributed by atoms with Crippen molar-refractivity contribution in [1.29, 1.82) is 5.26 Å². The zero-order valence-corrected chi connectivity index (χ0v) is 8.31. The van der Waals surface area contributed by atoms with E-state index in [4.69, 9.17) is 10.8 Å². The van der Waals surface area contributed by atoms with E-state index in [9.17, 15) is 4.39 Å². The van der Waals surface area contributed by atoms with Crippen LogP contribution in [0.4, 0.5) is 4.39 Å². The Hall–Kier alpha value is -2.49. The molecule has 0 N–H and O–H groups in total. The van der Waals surface area contributed by atoms with Gasteiger partial charge in [-0.1, -0.05) is 23.0 Å². The SMILES string of the molecule is N#Cc1c(F)cccc1C#CCCN=[N+]=[N-]. The Labute approximate surface area is 91.9 Å². The van der Waals surface area contributed by atoms with Crippen molar-refractivity contribution in [2.45, 2.75) is 6.42 Å². The standard InChI is InChI=1S/C11H7FN4/c12-11-6-3-5-9(10(11)8-13)4-1-2-7-15-16-14/h3,5-6H,2,7H2. The van der Waals surface area contributed by atoms with E-state index in [1.54, 1.807) is 12.1 Å². The molecule has 0 saturated heterocycles. The van der Waals surface area contributed by atoms with E-state index in [0.29, 0.717) is 12.0 Å². The van der Waals surface area contributed by atoms with Crippen molar-refractivity contribution in [3.05, 3.63) is 45.6 Å². The van der Waals surface area contributed by atoms with E-state index in [0.717, 1.165) is 0 Å². The first kappa shape index (κ1) is 11.6. The molecule has 5 heteroatoms. The molecule has 0 spiro atoms. The second kappa shape index (κ2) is 6.08. The van der Waals surface area contributed by atoms with Crippen molar-refractivity contribution in [3.63, 3.8) is 0 Å². The highest BCUT2D eigenvalue weighted by molar-refractivity contribution is 5.48. The van der Waals surface area contributed by atoms with Crippen molar-refractivity contribution in [1.82, 2.24) is 0 Å². The van der Waals surface area contributed by atoms with Gasteiger partial charge in [0.2, 0.25) is 0 Å². The highest BCUT2D eigenvalue weighted by Crippen LogP contribution is 2.10. The summed E-state index contributed by atoms with van der Waals surface area (Å²) < 4.78 is 13.1. The van der Waals surface area contributed by atoms with Crippen LogP contribution < -0.4 is 0 Å². The van der Waals surface area contributed by atoms with Crippen LogP contribution in [0.1, 0.15) is 17.5 Å². The van der Waals surface area contributed by atoms with Gasteiger partial charge in [0.15, 0.2) is 0 Å². The average Bonchev–Trinajstić information content (AvgIpc) is 2.29. The summed E-state index contributed by atoms with van der Waals surface area (Å²) in [6, 6.07) is 6.03. The topological polar surface area (TPSA) is 72.5 Å². The van der Waals surface area contributed by atoms with Crippen LogP contribution in [-0.4, -0.2) is 6.54 Å². The van der Waals surface area contributed by atoms with E-state index in [1.807, 2.05) is 0 Å². The Bertz CT molecular complexity index is 527. The van der Waals surface area contributed by atoms with Gasteiger partial charge in [0.25, 0.3) is 0 Å². The van der Waals surface area contributed by atoms with Crippen LogP contribution in [0.5, 0.6) is 0 Å². The minimum absolute atomic E-state index is 0.0567. The molecule has 0 bridgehead atoms. The van der Waals surface area contributed by atoms with Crippen LogP contribution in [0, 0.1) is 29.0 Å². The zero-order valence-electron chi connectivity index (χ0n) is 8.31. The molecule has 0 radical (unpaired) electrons. The second-order valence-electron chi connectivity index (χ2n) is 2.78. The summed E-state index contributed by atoms with van der Waals surface area (Å²) in [6.07, 6.45) is 0.380. The second-order valence-corrected chi connectivity index (χ2v) is 2.78. The molecular formula is C11H7FN4. The molecule has 0 aliphatic carbocycles. The molecule has 0 amide bonds. The Morgan fingerprint density at radius 3 is 3.00 bits per heavy atom. The van der Waals surface area contributed by atoms with Crippen molar-refractivity contribution < 1.29 is 4.39 Å². The van der Waals surface area contributed by atoms with Crippen molar-refractivity contribution in [2.75, 3.05) is 6.54 Å². The molecule has 16 heavy (non-hydrogen) atoms. The normalized spacial score (nSPS) is 8.25.